The topological polar surface area (TPSA) is 3.24 Å². The lowest BCUT2D eigenvalue weighted by Gasteiger charge is -2.31. The highest BCUT2D eigenvalue weighted by atomic mass is 15.1. The minimum atomic E-state index is 0.710. The second kappa shape index (κ2) is 4.61. The smallest absolute Gasteiger partial charge is 0.00162 e. The van der Waals surface area contributed by atoms with Crippen LogP contribution in [0.15, 0.2) is 30.3 Å². The van der Waals surface area contributed by atoms with Gasteiger partial charge in [0.1, 0.15) is 0 Å². The Kier molecular flexibility index (Phi) is 3.20. The van der Waals surface area contributed by atoms with Crippen molar-refractivity contribution >= 4 is 0 Å². The summed E-state index contributed by atoms with van der Waals surface area (Å²) in [5.41, 5.74) is 1.49. The third kappa shape index (κ3) is 2.16. The first kappa shape index (κ1) is 9.72. The minimum absolute atomic E-state index is 0.710. The Balaban J connectivity index is 1.96. The molecule has 2 radical (unpaired) electrons. The molecule has 0 spiro atoms. The van der Waals surface area contributed by atoms with Crippen LogP contribution in [-0.4, -0.2) is 24.5 Å². The van der Waals surface area contributed by atoms with Crippen molar-refractivity contribution in [2.45, 2.75) is 18.8 Å². The molecule has 2 rings (SSSR count). The number of benzene rings is 1. The number of rotatable bonds is 2. The quantitative estimate of drug-likeness (QED) is 0.688. The molecule has 1 aromatic carbocycles. The molecular formula is C13H17N. The van der Waals surface area contributed by atoms with Crippen LogP contribution in [0.25, 0.3) is 0 Å². The van der Waals surface area contributed by atoms with Crippen molar-refractivity contribution in [3.63, 3.8) is 0 Å². The third-order valence-corrected chi connectivity index (χ3v) is 3.12. The van der Waals surface area contributed by atoms with E-state index >= 15 is 0 Å². The first-order valence-corrected chi connectivity index (χ1v) is 5.37. The molecule has 1 heteroatoms. The first-order chi connectivity index (χ1) is 6.90. The van der Waals surface area contributed by atoms with E-state index < -0.39 is 0 Å². The highest BCUT2D eigenvalue weighted by Gasteiger charge is 2.18. The number of likely N-dealkylation sites (tertiary alicyclic amines) is 1. The summed E-state index contributed by atoms with van der Waals surface area (Å²) >= 11 is 0. The first-order valence-electron chi connectivity index (χ1n) is 5.37. The van der Waals surface area contributed by atoms with Gasteiger partial charge in [-0.05, 0) is 44.3 Å². The van der Waals surface area contributed by atoms with E-state index in [1.54, 1.807) is 0 Å². The molecule has 0 N–H and O–H groups in total. The van der Waals surface area contributed by atoms with Gasteiger partial charge >= 0.3 is 0 Å². The van der Waals surface area contributed by atoms with E-state index in [4.69, 9.17) is 6.92 Å². The largest absolute Gasteiger partial charge is 0.303 e. The van der Waals surface area contributed by atoms with Gasteiger partial charge in [0.2, 0.25) is 0 Å². The van der Waals surface area contributed by atoms with Crippen molar-refractivity contribution in [3.8, 4) is 0 Å². The Hall–Kier alpha value is -0.820. The second-order valence-electron chi connectivity index (χ2n) is 3.99. The highest BCUT2D eigenvalue weighted by Crippen LogP contribution is 2.27. The summed E-state index contributed by atoms with van der Waals surface area (Å²) in [5, 5.41) is 0. The zero-order valence-corrected chi connectivity index (χ0v) is 8.52. The fraction of sp³-hybridized carbons (Fsp3) is 0.462. The summed E-state index contributed by atoms with van der Waals surface area (Å²) in [6, 6.07) is 10.8. The summed E-state index contributed by atoms with van der Waals surface area (Å²) in [7, 11) is 0. The van der Waals surface area contributed by atoms with Gasteiger partial charge in [-0.2, -0.15) is 0 Å². The molecule has 1 aromatic rings. The fourth-order valence-corrected chi connectivity index (χ4v) is 2.17. The van der Waals surface area contributed by atoms with E-state index in [1.165, 1.54) is 18.4 Å². The predicted molar refractivity (Wildman–Crippen MR) is 59.2 cm³/mol. The van der Waals surface area contributed by atoms with Crippen LogP contribution in [0.5, 0.6) is 0 Å². The Morgan fingerprint density at radius 3 is 2.36 bits per heavy atom. The van der Waals surface area contributed by atoms with Crippen LogP contribution in [0, 0.1) is 6.92 Å². The lowest BCUT2D eigenvalue weighted by atomic mass is 9.89. The van der Waals surface area contributed by atoms with E-state index in [2.05, 4.69) is 35.2 Å². The van der Waals surface area contributed by atoms with Crippen LogP contribution < -0.4 is 0 Å². The summed E-state index contributed by atoms with van der Waals surface area (Å²) in [4.78, 5) is 2.32. The predicted octanol–water partition coefficient (Wildman–Crippen LogP) is 2.58. The number of piperidine rings is 1. The molecule has 0 bridgehead atoms. The monoisotopic (exact) mass is 187 g/mol. The average molecular weight is 187 g/mol. The SMILES string of the molecule is [CH]CN1CCC(c2ccccc2)CC1. The average Bonchev–Trinajstić information content (AvgIpc) is 2.30. The van der Waals surface area contributed by atoms with Gasteiger partial charge in [0, 0.05) is 6.54 Å². The van der Waals surface area contributed by atoms with E-state index in [1.807, 2.05) is 0 Å². The van der Waals surface area contributed by atoms with Gasteiger partial charge in [-0.25, -0.2) is 0 Å². The number of hydrogen-bond donors (Lipinski definition) is 0. The van der Waals surface area contributed by atoms with Crippen molar-refractivity contribution in [3.05, 3.63) is 42.8 Å². The van der Waals surface area contributed by atoms with Crippen LogP contribution in [0.2, 0.25) is 0 Å². The van der Waals surface area contributed by atoms with Gasteiger partial charge in [0.05, 0.1) is 0 Å². The van der Waals surface area contributed by atoms with E-state index in [0.29, 0.717) is 6.54 Å². The summed E-state index contributed by atoms with van der Waals surface area (Å²) in [5.74, 6) is 0.749. The fourth-order valence-electron chi connectivity index (χ4n) is 2.17. The normalized spacial score (nSPS) is 19.8. The summed E-state index contributed by atoms with van der Waals surface area (Å²) in [6.45, 7) is 8.62. The summed E-state index contributed by atoms with van der Waals surface area (Å²) < 4.78 is 0. The molecule has 0 saturated carbocycles. The lowest BCUT2D eigenvalue weighted by Crippen LogP contribution is -2.32. The zero-order valence-electron chi connectivity index (χ0n) is 8.52. The number of nitrogens with zero attached hydrogens (tertiary/aromatic N) is 1. The molecule has 0 amide bonds. The third-order valence-electron chi connectivity index (χ3n) is 3.12. The molecule has 1 aliphatic rings. The van der Waals surface area contributed by atoms with Gasteiger partial charge in [-0.1, -0.05) is 30.3 Å². The molecular weight excluding hydrogens is 170 g/mol. The maximum atomic E-state index is 5.61. The molecule has 1 aliphatic heterocycles. The summed E-state index contributed by atoms with van der Waals surface area (Å²) in [6.07, 6.45) is 2.50. The molecule has 1 heterocycles. The maximum absolute atomic E-state index is 5.61. The van der Waals surface area contributed by atoms with E-state index in [0.717, 1.165) is 19.0 Å². The molecule has 1 nitrogen and oxygen atoms in total. The maximum Gasteiger partial charge on any atom is 0.00162 e. The van der Waals surface area contributed by atoms with Gasteiger partial charge < -0.3 is 4.90 Å². The van der Waals surface area contributed by atoms with Gasteiger partial charge in [-0.15, -0.1) is 0 Å². The highest BCUT2D eigenvalue weighted by molar-refractivity contribution is 5.19. The van der Waals surface area contributed by atoms with Crippen LogP contribution in [0.3, 0.4) is 0 Å². The molecule has 74 valence electrons. The van der Waals surface area contributed by atoms with Crippen LogP contribution in [-0.2, 0) is 0 Å². The van der Waals surface area contributed by atoms with Crippen LogP contribution >= 0.6 is 0 Å². The van der Waals surface area contributed by atoms with Crippen molar-refractivity contribution in [2.75, 3.05) is 19.6 Å². The Morgan fingerprint density at radius 1 is 1.14 bits per heavy atom. The number of hydrogen-bond acceptors (Lipinski definition) is 1. The molecule has 14 heavy (non-hydrogen) atoms. The Morgan fingerprint density at radius 2 is 1.79 bits per heavy atom. The van der Waals surface area contributed by atoms with Crippen molar-refractivity contribution in [1.29, 1.82) is 0 Å². The van der Waals surface area contributed by atoms with Gasteiger partial charge in [-0.3, -0.25) is 0 Å². The van der Waals surface area contributed by atoms with Crippen molar-refractivity contribution in [1.82, 2.24) is 4.90 Å². The van der Waals surface area contributed by atoms with Crippen LogP contribution in [0.1, 0.15) is 24.3 Å². The standard InChI is InChI=1S/C13H17N/c1-2-14-10-8-13(9-11-14)12-6-4-3-5-7-12/h1,3-7,13H,2,8-11H2. The Labute approximate surface area is 86.7 Å². The molecule has 0 atom stereocenters. The molecule has 0 unspecified atom stereocenters. The van der Waals surface area contributed by atoms with E-state index in [-0.39, 0.29) is 0 Å². The van der Waals surface area contributed by atoms with Crippen molar-refractivity contribution < 1.29 is 0 Å². The minimum Gasteiger partial charge on any atom is -0.303 e. The van der Waals surface area contributed by atoms with Crippen LogP contribution in [0.4, 0.5) is 0 Å². The second-order valence-corrected chi connectivity index (χ2v) is 3.99. The van der Waals surface area contributed by atoms with E-state index in [9.17, 15) is 0 Å². The molecule has 1 saturated heterocycles. The molecule has 0 aromatic heterocycles. The van der Waals surface area contributed by atoms with Gasteiger partial charge in [0.15, 0.2) is 0 Å². The Bertz CT molecular complexity index is 260. The van der Waals surface area contributed by atoms with Crippen molar-refractivity contribution in [2.24, 2.45) is 0 Å². The van der Waals surface area contributed by atoms with Gasteiger partial charge in [0.25, 0.3) is 0 Å². The lowest BCUT2D eigenvalue weighted by molar-refractivity contribution is 0.231. The molecule has 0 aliphatic carbocycles. The zero-order chi connectivity index (χ0) is 9.80. The molecule has 1 fully saturated rings.